The topological polar surface area (TPSA) is 45.0 Å². The van der Waals surface area contributed by atoms with Crippen LogP contribution in [0.3, 0.4) is 0 Å². The molecule has 0 aromatic carbocycles. The van der Waals surface area contributed by atoms with E-state index in [1.807, 2.05) is 0 Å². The van der Waals surface area contributed by atoms with Crippen molar-refractivity contribution in [1.29, 1.82) is 5.26 Å². The third-order valence-electron chi connectivity index (χ3n) is 2.54. The molecule has 3 heteroatoms. The van der Waals surface area contributed by atoms with Gasteiger partial charge in [-0.15, -0.1) is 0 Å². The molecular weight excluding hydrogens is 164 g/mol. The first kappa shape index (κ1) is 10.5. The summed E-state index contributed by atoms with van der Waals surface area (Å²) in [6, 6.07) is 2.38. The lowest BCUT2D eigenvalue weighted by Crippen LogP contribution is -2.50. The van der Waals surface area contributed by atoms with Crippen LogP contribution in [0.2, 0.25) is 0 Å². The first-order valence-electron chi connectivity index (χ1n) is 4.94. The summed E-state index contributed by atoms with van der Waals surface area (Å²) in [6.45, 7) is 3.51. The third kappa shape index (κ3) is 2.43. The summed E-state index contributed by atoms with van der Waals surface area (Å²) in [4.78, 5) is 0. The van der Waals surface area contributed by atoms with Gasteiger partial charge in [0.1, 0.15) is 5.54 Å². The largest absolute Gasteiger partial charge is 0.382 e. The second-order valence-corrected chi connectivity index (χ2v) is 3.72. The molecule has 0 spiro atoms. The molecule has 0 amide bonds. The van der Waals surface area contributed by atoms with Crippen molar-refractivity contribution >= 4 is 0 Å². The van der Waals surface area contributed by atoms with Gasteiger partial charge in [0.05, 0.1) is 12.7 Å². The maximum absolute atomic E-state index is 9.15. The molecular formula is C10H18N2O. The second-order valence-electron chi connectivity index (χ2n) is 3.72. The van der Waals surface area contributed by atoms with Crippen molar-refractivity contribution < 1.29 is 4.74 Å². The molecule has 1 saturated carbocycles. The van der Waals surface area contributed by atoms with E-state index in [0.717, 1.165) is 25.8 Å². The van der Waals surface area contributed by atoms with Gasteiger partial charge in [0.25, 0.3) is 0 Å². The van der Waals surface area contributed by atoms with E-state index in [1.54, 1.807) is 7.11 Å². The van der Waals surface area contributed by atoms with Gasteiger partial charge in [-0.25, -0.2) is 0 Å². The quantitative estimate of drug-likeness (QED) is 0.673. The van der Waals surface area contributed by atoms with Crippen LogP contribution in [-0.2, 0) is 4.74 Å². The molecule has 0 saturated heterocycles. The van der Waals surface area contributed by atoms with Crippen LogP contribution in [0.4, 0.5) is 0 Å². The highest BCUT2D eigenvalue weighted by Gasteiger charge is 2.45. The number of nitrogens with one attached hydrogen (secondary N) is 1. The van der Waals surface area contributed by atoms with E-state index in [-0.39, 0.29) is 0 Å². The fraction of sp³-hybridized carbons (Fsp3) is 0.900. The monoisotopic (exact) mass is 182 g/mol. The Morgan fingerprint density at radius 2 is 2.31 bits per heavy atom. The fourth-order valence-electron chi connectivity index (χ4n) is 1.63. The summed E-state index contributed by atoms with van der Waals surface area (Å²) in [7, 11) is 1.65. The average molecular weight is 182 g/mol. The summed E-state index contributed by atoms with van der Waals surface area (Å²) in [5, 5.41) is 12.5. The summed E-state index contributed by atoms with van der Waals surface area (Å²) in [6.07, 6.45) is 3.38. The van der Waals surface area contributed by atoms with Crippen LogP contribution in [0.1, 0.15) is 26.2 Å². The molecule has 1 N–H and O–H groups in total. The molecule has 0 aliphatic heterocycles. The van der Waals surface area contributed by atoms with Gasteiger partial charge in [0.2, 0.25) is 0 Å². The Kier molecular flexibility index (Phi) is 3.71. The van der Waals surface area contributed by atoms with Crippen LogP contribution in [0.25, 0.3) is 0 Å². The number of ether oxygens (including phenoxy) is 1. The van der Waals surface area contributed by atoms with Gasteiger partial charge in [0.15, 0.2) is 0 Å². The van der Waals surface area contributed by atoms with Crippen molar-refractivity contribution in [2.75, 3.05) is 20.3 Å². The van der Waals surface area contributed by atoms with Crippen molar-refractivity contribution in [2.24, 2.45) is 5.92 Å². The molecule has 0 aromatic rings. The number of rotatable bonds is 6. The van der Waals surface area contributed by atoms with Crippen molar-refractivity contribution in [3.8, 4) is 6.07 Å². The van der Waals surface area contributed by atoms with E-state index in [1.165, 1.54) is 0 Å². The maximum Gasteiger partial charge on any atom is 0.133 e. The van der Waals surface area contributed by atoms with Gasteiger partial charge in [-0.05, 0) is 31.7 Å². The summed E-state index contributed by atoms with van der Waals surface area (Å²) in [5.74, 6) is 0.504. The molecule has 1 aliphatic carbocycles. The Morgan fingerprint density at radius 3 is 2.69 bits per heavy atom. The molecule has 3 nitrogen and oxygen atoms in total. The highest BCUT2D eigenvalue weighted by molar-refractivity contribution is 5.15. The Morgan fingerprint density at radius 1 is 1.62 bits per heavy atom. The molecule has 0 heterocycles. The van der Waals surface area contributed by atoms with Gasteiger partial charge in [-0.2, -0.15) is 5.26 Å². The average Bonchev–Trinajstić information content (AvgIpc) is 2.96. The molecule has 0 bridgehead atoms. The molecule has 1 aliphatic rings. The number of hydrogen-bond donors (Lipinski definition) is 1. The minimum Gasteiger partial charge on any atom is -0.382 e. The van der Waals surface area contributed by atoms with Crippen molar-refractivity contribution in [2.45, 2.75) is 31.7 Å². The van der Waals surface area contributed by atoms with E-state index in [2.05, 4.69) is 18.3 Å². The molecule has 1 atom stereocenters. The second kappa shape index (κ2) is 4.59. The highest BCUT2D eigenvalue weighted by Crippen LogP contribution is 2.39. The normalized spacial score (nSPS) is 20.7. The maximum atomic E-state index is 9.15. The number of hydrogen-bond acceptors (Lipinski definition) is 3. The smallest absolute Gasteiger partial charge is 0.133 e. The lowest BCUT2D eigenvalue weighted by Gasteiger charge is -2.26. The lowest BCUT2D eigenvalue weighted by atomic mass is 9.96. The van der Waals surface area contributed by atoms with Crippen molar-refractivity contribution in [3.05, 3.63) is 0 Å². The fourth-order valence-corrected chi connectivity index (χ4v) is 1.63. The predicted octanol–water partition coefficient (Wildman–Crippen LogP) is 1.30. The van der Waals surface area contributed by atoms with E-state index >= 15 is 0 Å². The van der Waals surface area contributed by atoms with Crippen molar-refractivity contribution in [3.63, 3.8) is 0 Å². The molecule has 74 valence electrons. The first-order valence-corrected chi connectivity index (χ1v) is 4.94. The van der Waals surface area contributed by atoms with Crippen LogP contribution >= 0.6 is 0 Å². The zero-order valence-corrected chi connectivity index (χ0v) is 8.47. The Bertz CT molecular complexity index is 196. The molecule has 13 heavy (non-hydrogen) atoms. The molecule has 1 rings (SSSR count). The van der Waals surface area contributed by atoms with Gasteiger partial charge >= 0.3 is 0 Å². The van der Waals surface area contributed by atoms with Crippen LogP contribution in [0, 0.1) is 17.2 Å². The summed E-state index contributed by atoms with van der Waals surface area (Å²) in [5.41, 5.74) is -0.412. The van der Waals surface area contributed by atoms with Crippen LogP contribution < -0.4 is 5.32 Å². The van der Waals surface area contributed by atoms with Crippen LogP contribution in [0.15, 0.2) is 0 Å². The van der Waals surface area contributed by atoms with Gasteiger partial charge < -0.3 is 4.74 Å². The Balaban J connectivity index is 2.54. The molecule has 1 unspecified atom stereocenters. The third-order valence-corrected chi connectivity index (χ3v) is 2.54. The summed E-state index contributed by atoms with van der Waals surface area (Å²) < 4.78 is 5.11. The zero-order chi connectivity index (χ0) is 9.73. The van der Waals surface area contributed by atoms with Gasteiger partial charge in [-0.1, -0.05) is 6.92 Å². The highest BCUT2D eigenvalue weighted by atomic mass is 16.5. The SMILES string of the molecule is CCCNC(C#N)(COC)C1CC1. The number of nitriles is 1. The first-order chi connectivity index (χ1) is 6.29. The van der Waals surface area contributed by atoms with E-state index < -0.39 is 5.54 Å². The van der Waals surface area contributed by atoms with Gasteiger partial charge in [-0.3, -0.25) is 5.32 Å². The lowest BCUT2D eigenvalue weighted by molar-refractivity contribution is 0.126. The van der Waals surface area contributed by atoms with Crippen LogP contribution in [0.5, 0.6) is 0 Å². The Labute approximate surface area is 80.1 Å². The minimum absolute atomic E-state index is 0.412. The Hall–Kier alpha value is -0.590. The van der Waals surface area contributed by atoms with E-state index in [4.69, 9.17) is 10.00 Å². The number of methoxy groups -OCH3 is 1. The van der Waals surface area contributed by atoms with Crippen molar-refractivity contribution in [1.82, 2.24) is 5.32 Å². The zero-order valence-electron chi connectivity index (χ0n) is 8.47. The van der Waals surface area contributed by atoms with Crippen LogP contribution in [-0.4, -0.2) is 25.8 Å². The van der Waals surface area contributed by atoms with E-state index in [0.29, 0.717) is 12.5 Å². The van der Waals surface area contributed by atoms with E-state index in [9.17, 15) is 0 Å². The number of nitrogens with zero attached hydrogens (tertiary/aromatic N) is 1. The van der Waals surface area contributed by atoms with Gasteiger partial charge in [0, 0.05) is 7.11 Å². The minimum atomic E-state index is -0.412. The standard InChI is InChI=1S/C10H18N2O/c1-3-6-12-10(7-11,8-13-2)9-4-5-9/h9,12H,3-6,8H2,1-2H3. The molecule has 0 radical (unpaired) electrons. The molecule has 1 fully saturated rings. The predicted molar refractivity (Wildman–Crippen MR) is 51.2 cm³/mol. The molecule has 0 aromatic heterocycles. The summed E-state index contributed by atoms with van der Waals surface area (Å²) >= 11 is 0.